The largest absolute Gasteiger partial charge is 0.292 e. The lowest BCUT2D eigenvalue weighted by Crippen LogP contribution is -2.33. The highest BCUT2D eigenvalue weighted by atomic mass is 35.5. The third-order valence-corrected chi connectivity index (χ3v) is 7.34. The Balaban J connectivity index is 1.53. The number of hydrogen-bond donors (Lipinski definition) is 1. The number of pyridine rings is 1. The van der Waals surface area contributed by atoms with E-state index < -0.39 is 10.0 Å². The van der Waals surface area contributed by atoms with Crippen molar-refractivity contribution in [3.8, 4) is 0 Å². The maximum absolute atomic E-state index is 12.8. The number of aromatic nitrogens is 1. The molecule has 1 saturated heterocycles. The molecule has 0 radical (unpaired) electrons. The zero-order valence-corrected chi connectivity index (χ0v) is 19.0. The first-order valence-corrected chi connectivity index (χ1v) is 12.3. The van der Waals surface area contributed by atoms with Gasteiger partial charge in [0.15, 0.2) is 0 Å². The monoisotopic (exact) mass is 455 g/mol. The number of piperidine rings is 1. The first kappa shape index (κ1) is 21.8. The van der Waals surface area contributed by atoms with E-state index in [1.807, 2.05) is 25.1 Å². The number of benzene rings is 2. The van der Waals surface area contributed by atoms with Crippen LogP contribution in [-0.4, -0.2) is 24.8 Å². The molecule has 2 aromatic carbocycles. The summed E-state index contributed by atoms with van der Waals surface area (Å²) < 4.78 is 28.1. The lowest BCUT2D eigenvalue weighted by Gasteiger charge is -2.36. The van der Waals surface area contributed by atoms with Crippen LogP contribution in [-0.2, 0) is 16.6 Å². The highest BCUT2D eigenvalue weighted by Gasteiger charge is 2.25. The van der Waals surface area contributed by atoms with Crippen molar-refractivity contribution in [1.29, 1.82) is 0 Å². The minimum Gasteiger partial charge on any atom is -0.292 e. The Morgan fingerprint density at radius 2 is 1.87 bits per heavy atom. The van der Waals surface area contributed by atoms with Gasteiger partial charge in [-0.05, 0) is 61.7 Å². The second-order valence-corrected chi connectivity index (χ2v) is 10.0. The van der Waals surface area contributed by atoms with Crippen LogP contribution >= 0.6 is 11.6 Å². The second-order valence-electron chi connectivity index (χ2n) is 7.92. The first-order chi connectivity index (χ1) is 14.9. The lowest BCUT2D eigenvalue weighted by atomic mass is 9.94. The van der Waals surface area contributed by atoms with E-state index >= 15 is 0 Å². The van der Waals surface area contributed by atoms with E-state index in [9.17, 15) is 8.42 Å². The molecule has 0 amide bonds. The van der Waals surface area contributed by atoms with Crippen LogP contribution in [0.4, 0.5) is 5.82 Å². The summed E-state index contributed by atoms with van der Waals surface area (Å²) >= 11 is 6.54. The first-order valence-electron chi connectivity index (χ1n) is 10.5. The van der Waals surface area contributed by atoms with Crippen LogP contribution in [0.25, 0.3) is 0 Å². The molecule has 5 nitrogen and oxygen atoms in total. The van der Waals surface area contributed by atoms with Crippen molar-refractivity contribution in [2.24, 2.45) is 0 Å². The fourth-order valence-electron chi connectivity index (χ4n) is 4.07. The van der Waals surface area contributed by atoms with Crippen LogP contribution in [0.3, 0.4) is 0 Å². The van der Waals surface area contributed by atoms with Gasteiger partial charge >= 0.3 is 0 Å². The van der Waals surface area contributed by atoms with E-state index in [0.717, 1.165) is 30.6 Å². The molecule has 7 heteroatoms. The topological polar surface area (TPSA) is 62.3 Å². The van der Waals surface area contributed by atoms with Gasteiger partial charge in [0.05, 0.1) is 4.90 Å². The number of likely N-dealkylation sites (tertiary alicyclic amines) is 1. The fourth-order valence-corrected chi connectivity index (χ4v) is 5.40. The van der Waals surface area contributed by atoms with Crippen LogP contribution in [0.2, 0.25) is 5.02 Å². The van der Waals surface area contributed by atoms with Crippen LogP contribution < -0.4 is 4.72 Å². The second kappa shape index (κ2) is 9.39. The van der Waals surface area contributed by atoms with Gasteiger partial charge in [-0.1, -0.05) is 60.5 Å². The van der Waals surface area contributed by atoms with Crippen molar-refractivity contribution in [1.82, 2.24) is 9.88 Å². The highest BCUT2D eigenvalue weighted by molar-refractivity contribution is 7.92. The van der Waals surface area contributed by atoms with Crippen LogP contribution in [0, 0.1) is 6.92 Å². The smallest absolute Gasteiger partial charge is 0.263 e. The molecule has 0 unspecified atom stereocenters. The van der Waals surface area contributed by atoms with Crippen molar-refractivity contribution in [3.05, 3.63) is 88.6 Å². The summed E-state index contributed by atoms with van der Waals surface area (Å²) in [7, 11) is -3.77. The van der Waals surface area contributed by atoms with Gasteiger partial charge in [0.25, 0.3) is 10.0 Å². The summed E-state index contributed by atoms with van der Waals surface area (Å²) in [5, 5.41) is 0.456. The number of aryl methyl sites for hydroxylation is 1. The number of sulfonamides is 1. The normalized spacial score (nSPS) is 17.4. The average molecular weight is 456 g/mol. The Morgan fingerprint density at radius 3 is 2.61 bits per heavy atom. The molecule has 0 spiro atoms. The molecule has 1 aliphatic rings. The predicted molar refractivity (Wildman–Crippen MR) is 125 cm³/mol. The van der Waals surface area contributed by atoms with E-state index in [4.69, 9.17) is 11.6 Å². The molecule has 2 heterocycles. The van der Waals surface area contributed by atoms with Crippen LogP contribution in [0.1, 0.15) is 42.1 Å². The minimum atomic E-state index is -3.77. The maximum Gasteiger partial charge on any atom is 0.263 e. The number of anilines is 1. The third kappa shape index (κ3) is 5.26. The van der Waals surface area contributed by atoms with Gasteiger partial charge in [0.1, 0.15) is 5.82 Å². The van der Waals surface area contributed by atoms with E-state index in [1.165, 1.54) is 18.1 Å². The Morgan fingerprint density at radius 1 is 1.06 bits per heavy atom. The van der Waals surface area contributed by atoms with Crippen LogP contribution in [0.5, 0.6) is 0 Å². The van der Waals surface area contributed by atoms with E-state index in [0.29, 0.717) is 23.4 Å². The number of hydrogen-bond acceptors (Lipinski definition) is 4. The molecule has 0 saturated carbocycles. The predicted octanol–water partition coefficient (Wildman–Crippen LogP) is 5.57. The molecule has 1 aromatic heterocycles. The molecule has 1 N–H and O–H groups in total. The summed E-state index contributed by atoms with van der Waals surface area (Å²) in [5.41, 5.74) is 2.98. The SMILES string of the molecule is Cc1cccc(NS(=O)(=O)c2ccc(CN3CCCC[C@@H]3c3ccccc3)c(Cl)c2)n1. The van der Waals surface area contributed by atoms with Crippen molar-refractivity contribution in [2.45, 2.75) is 43.7 Å². The quantitative estimate of drug-likeness (QED) is 0.527. The van der Waals surface area contributed by atoms with Crippen LogP contribution in [0.15, 0.2) is 71.6 Å². The van der Waals surface area contributed by atoms with Gasteiger partial charge in [-0.25, -0.2) is 13.4 Å². The molecule has 1 atom stereocenters. The summed E-state index contributed by atoms with van der Waals surface area (Å²) in [5.74, 6) is 0.291. The standard InChI is InChI=1S/C24H26ClN3O2S/c1-18-8-7-12-24(26-18)27-31(29,30)21-14-13-20(22(25)16-21)17-28-15-6-5-11-23(28)19-9-3-2-4-10-19/h2-4,7-10,12-14,16,23H,5-6,11,15,17H2,1H3,(H,26,27)/t23-/m1/s1. The Kier molecular flexibility index (Phi) is 6.60. The molecule has 4 rings (SSSR count). The molecular weight excluding hydrogens is 430 g/mol. The molecule has 0 aliphatic carbocycles. The summed E-state index contributed by atoms with van der Waals surface area (Å²) in [6.07, 6.45) is 3.47. The van der Waals surface area contributed by atoms with Gasteiger partial charge in [-0.2, -0.15) is 0 Å². The van der Waals surface area contributed by atoms with Gasteiger partial charge in [0, 0.05) is 23.3 Å². The summed E-state index contributed by atoms with van der Waals surface area (Å²) in [6.45, 7) is 3.49. The average Bonchev–Trinajstić information content (AvgIpc) is 2.76. The zero-order chi connectivity index (χ0) is 21.8. The maximum atomic E-state index is 12.8. The molecule has 162 valence electrons. The molecule has 31 heavy (non-hydrogen) atoms. The zero-order valence-electron chi connectivity index (χ0n) is 17.5. The minimum absolute atomic E-state index is 0.128. The molecular formula is C24H26ClN3O2S. The molecule has 3 aromatic rings. The Labute approximate surface area is 189 Å². The van der Waals surface area contributed by atoms with Gasteiger partial charge in [-0.3, -0.25) is 9.62 Å². The Hall–Kier alpha value is -2.41. The Bertz CT molecular complexity index is 1150. The van der Waals surface area contributed by atoms with Crippen molar-refractivity contribution in [2.75, 3.05) is 11.3 Å². The van der Waals surface area contributed by atoms with E-state index in [2.05, 4.69) is 38.9 Å². The lowest BCUT2D eigenvalue weighted by molar-refractivity contribution is 0.140. The van der Waals surface area contributed by atoms with Gasteiger partial charge in [0.2, 0.25) is 0 Å². The molecule has 1 aliphatic heterocycles. The number of nitrogens with one attached hydrogen (secondary N) is 1. The van der Waals surface area contributed by atoms with Gasteiger partial charge < -0.3 is 0 Å². The van der Waals surface area contributed by atoms with E-state index in [1.54, 1.807) is 18.2 Å². The van der Waals surface area contributed by atoms with Crippen molar-refractivity contribution >= 4 is 27.4 Å². The van der Waals surface area contributed by atoms with E-state index in [-0.39, 0.29) is 4.90 Å². The number of halogens is 1. The molecule has 0 bridgehead atoms. The third-order valence-electron chi connectivity index (χ3n) is 5.63. The van der Waals surface area contributed by atoms with Gasteiger partial charge in [-0.15, -0.1) is 0 Å². The molecule has 1 fully saturated rings. The fraction of sp³-hybridized carbons (Fsp3) is 0.292. The number of rotatable bonds is 6. The highest BCUT2D eigenvalue weighted by Crippen LogP contribution is 2.33. The number of nitrogens with zero attached hydrogens (tertiary/aromatic N) is 2. The summed E-state index contributed by atoms with van der Waals surface area (Å²) in [6, 6.07) is 21.0. The van der Waals surface area contributed by atoms with Crippen molar-refractivity contribution in [3.63, 3.8) is 0 Å². The van der Waals surface area contributed by atoms with Crippen molar-refractivity contribution < 1.29 is 8.42 Å². The summed E-state index contributed by atoms with van der Waals surface area (Å²) in [4.78, 5) is 6.77.